The second-order valence-electron chi connectivity index (χ2n) is 9.71. The van der Waals surface area contributed by atoms with Gasteiger partial charge in [-0.1, -0.05) is 44.2 Å². The van der Waals surface area contributed by atoms with Crippen LogP contribution in [0.2, 0.25) is 0 Å². The van der Waals surface area contributed by atoms with Crippen molar-refractivity contribution >= 4 is 19.6 Å². The fraction of sp³-hybridized carbons (Fsp3) is 0.654. The first kappa shape index (κ1) is 35.3. The fourth-order valence-corrected chi connectivity index (χ4v) is 3.58. The van der Waals surface area contributed by atoms with Crippen LogP contribution in [-0.2, 0) is 11.2 Å². The number of benzene rings is 1. The molecule has 0 radical (unpaired) electrons. The number of hydrogen-bond donors (Lipinski definition) is 4. The highest BCUT2D eigenvalue weighted by Crippen LogP contribution is 2.32. The summed E-state index contributed by atoms with van der Waals surface area (Å²) in [6, 6.07) is 10.9. The first-order valence-electron chi connectivity index (χ1n) is 12.9. The minimum Gasteiger partial charge on any atom is -0.465 e. The number of hydrogen-bond acceptors (Lipinski definition) is 6. The molecule has 0 aliphatic carbocycles. The summed E-state index contributed by atoms with van der Waals surface area (Å²) in [7, 11) is -1.71. The third kappa shape index (κ3) is 15.5. The summed E-state index contributed by atoms with van der Waals surface area (Å²) in [6.07, 6.45) is 3.85. The second kappa shape index (κ2) is 18.5. The number of amides is 2. The van der Waals surface area contributed by atoms with Gasteiger partial charge in [0.05, 0.1) is 18.6 Å². The average molecular weight is 540 g/mol. The maximum Gasteiger partial charge on any atom is 0.475 e. The zero-order valence-corrected chi connectivity index (χ0v) is 22.9. The Hall–Kier alpha value is -2.75. The van der Waals surface area contributed by atoms with Gasteiger partial charge in [0.15, 0.2) is 0 Å². The Kier molecular flexibility index (Phi) is 17.2. The Morgan fingerprint density at radius 1 is 1.21 bits per heavy atom. The molecule has 1 aromatic carbocycles. The lowest BCUT2D eigenvalue weighted by Crippen LogP contribution is -2.47. The number of nitrogens with zero attached hydrogens (tertiary/aromatic N) is 3. The van der Waals surface area contributed by atoms with Crippen LogP contribution in [0.1, 0.15) is 65.4 Å². The van der Waals surface area contributed by atoms with Gasteiger partial charge in [-0.15, -0.1) is 0 Å². The molecule has 2 heterocycles. The molecule has 0 unspecified atom stereocenters. The molecule has 2 fully saturated rings. The summed E-state index contributed by atoms with van der Waals surface area (Å²) in [5, 5.41) is 36.1. The van der Waals surface area contributed by atoms with E-state index in [9.17, 15) is 18.4 Å². The molecule has 2 aliphatic heterocycles. The van der Waals surface area contributed by atoms with Gasteiger partial charge in [-0.25, -0.2) is 13.6 Å². The normalized spacial score (nSPS) is 16.8. The topological polar surface area (TPSA) is 137 Å². The van der Waals surface area contributed by atoms with E-state index in [2.05, 4.69) is 0 Å². The van der Waals surface area contributed by atoms with E-state index in [0.717, 1.165) is 31.5 Å². The zero-order valence-electron chi connectivity index (χ0n) is 22.9. The summed E-state index contributed by atoms with van der Waals surface area (Å²) in [6.45, 7) is 10.3. The Morgan fingerprint density at radius 3 is 2.11 bits per heavy atom. The molecular formula is C26H43BF2N4O5. The highest BCUT2D eigenvalue weighted by atomic mass is 19.3. The van der Waals surface area contributed by atoms with Gasteiger partial charge in [0.25, 0.3) is 5.92 Å². The molecule has 1 atom stereocenters. The fourth-order valence-electron chi connectivity index (χ4n) is 3.58. The number of halogens is 2. The van der Waals surface area contributed by atoms with Gasteiger partial charge >= 0.3 is 13.2 Å². The standard InChI is InChI=1S/C9H12BNO4.C9H17F2N.C5H9NO.C3H5N/c12-9(13)11-8(10(14)15)6-7-4-2-1-3-5-7;1-4-8(2,3)12-6-5-9(10,11)7-12;7-5-6-3-1-2-4-6;1-2-3-4/h1-5,8,11,14-15H,6H2,(H,12,13);4-7H2,1-3H3;5H,1-4H2;2H2,1H3/t8-;;;/m0.../s1. The number of carbonyl (C=O) groups excluding carboxylic acids is 1. The van der Waals surface area contributed by atoms with Gasteiger partial charge in [-0.2, -0.15) is 5.26 Å². The molecule has 3 rings (SSSR count). The number of alkyl halides is 2. The van der Waals surface area contributed by atoms with Crippen molar-refractivity contribution in [2.75, 3.05) is 26.2 Å². The molecule has 9 nitrogen and oxygen atoms in total. The summed E-state index contributed by atoms with van der Waals surface area (Å²) in [4.78, 5) is 24.0. The van der Waals surface area contributed by atoms with E-state index in [-0.39, 0.29) is 24.9 Å². The van der Waals surface area contributed by atoms with Crippen LogP contribution in [0.4, 0.5) is 13.6 Å². The van der Waals surface area contributed by atoms with Gasteiger partial charge < -0.3 is 25.4 Å². The largest absolute Gasteiger partial charge is 0.475 e. The third-order valence-electron chi connectivity index (χ3n) is 6.31. The van der Waals surface area contributed by atoms with Crippen molar-refractivity contribution < 1.29 is 33.5 Å². The Balaban J connectivity index is 0.000000528. The number of carbonyl (C=O) groups is 2. The third-order valence-corrected chi connectivity index (χ3v) is 6.31. The van der Waals surface area contributed by atoms with Crippen LogP contribution in [0, 0.1) is 11.3 Å². The molecule has 12 heteroatoms. The predicted octanol–water partition coefficient (Wildman–Crippen LogP) is 3.55. The molecular weight excluding hydrogens is 497 g/mol. The molecule has 2 aliphatic rings. The van der Waals surface area contributed by atoms with Gasteiger partial charge in [0.2, 0.25) is 6.41 Å². The molecule has 0 spiro atoms. The Morgan fingerprint density at radius 2 is 1.76 bits per heavy atom. The van der Waals surface area contributed by atoms with Crippen LogP contribution in [0.5, 0.6) is 0 Å². The van der Waals surface area contributed by atoms with Crippen LogP contribution in [-0.4, -0.2) is 88.2 Å². The molecule has 2 amide bonds. The van der Waals surface area contributed by atoms with Gasteiger partial charge in [-0.05, 0) is 45.1 Å². The molecule has 1 aromatic rings. The predicted molar refractivity (Wildman–Crippen MR) is 144 cm³/mol. The minimum atomic E-state index is -2.45. The Labute approximate surface area is 225 Å². The van der Waals surface area contributed by atoms with E-state index in [1.165, 1.54) is 12.8 Å². The molecule has 0 bridgehead atoms. The zero-order chi connectivity index (χ0) is 29.2. The van der Waals surface area contributed by atoms with E-state index in [1.807, 2.05) is 50.0 Å². The van der Waals surface area contributed by atoms with Crippen LogP contribution in [0.15, 0.2) is 30.3 Å². The van der Waals surface area contributed by atoms with Crippen molar-refractivity contribution in [3.05, 3.63) is 35.9 Å². The van der Waals surface area contributed by atoms with Gasteiger partial charge in [0.1, 0.15) is 0 Å². The smallest absolute Gasteiger partial charge is 0.465 e. The maximum atomic E-state index is 12.8. The number of nitriles is 1. The summed E-state index contributed by atoms with van der Waals surface area (Å²) < 4.78 is 25.6. The first-order chi connectivity index (χ1) is 17.8. The average Bonchev–Trinajstić information content (AvgIpc) is 3.54. The van der Waals surface area contributed by atoms with Crippen molar-refractivity contribution in [3.63, 3.8) is 0 Å². The summed E-state index contributed by atoms with van der Waals surface area (Å²) in [5.74, 6) is -3.36. The van der Waals surface area contributed by atoms with Crippen molar-refractivity contribution in [1.82, 2.24) is 15.1 Å². The highest BCUT2D eigenvalue weighted by Gasteiger charge is 2.42. The minimum absolute atomic E-state index is 0.0242. The molecule has 2 saturated heterocycles. The first-order valence-corrected chi connectivity index (χ1v) is 12.9. The van der Waals surface area contributed by atoms with Crippen molar-refractivity contribution in [2.45, 2.75) is 83.6 Å². The molecule has 0 saturated carbocycles. The van der Waals surface area contributed by atoms with Crippen molar-refractivity contribution in [2.24, 2.45) is 0 Å². The van der Waals surface area contributed by atoms with E-state index in [1.54, 1.807) is 29.2 Å². The number of likely N-dealkylation sites (tertiary alicyclic amines) is 2. The maximum absolute atomic E-state index is 12.8. The van der Waals surface area contributed by atoms with Crippen LogP contribution in [0.25, 0.3) is 0 Å². The van der Waals surface area contributed by atoms with Crippen LogP contribution >= 0.6 is 0 Å². The van der Waals surface area contributed by atoms with Crippen LogP contribution < -0.4 is 5.32 Å². The van der Waals surface area contributed by atoms with Crippen molar-refractivity contribution in [3.8, 4) is 6.07 Å². The van der Waals surface area contributed by atoms with E-state index in [0.29, 0.717) is 13.0 Å². The SMILES string of the molecule is CCC#N.CCC(C)(C)N1CCC(F)(F)C1.O=C(O)N[C@@H](Cc1ccccc1)B(O)O.O=CN1CCCC1. The molecule has 214 valence electrons. The number of rotatable bonds is 7. The lowest BCUT2D eigenvalue weighted by Gasteiger charge is -2.34. The molecule has 0 aromatic heterocycles. The highest BCUT2D eigenvalue weighted by molar-refractivity contribution is 6.43. The quantitative estimate of drug-likeness (QED) is 0.307. The monoisotopic (exact) mass is 540 g/mol. The molecule has 38 heavy (non-hydrogen) atoms. The van der Waals surface area contributed by atoms with E-state index < -0.39 is 25.1 Å². The number of nitrogens with one attached hydrogen (secondary N) is 1. The summed E-state index contributed by atoms with van der Waals surface area (Å²) in [5.41, 5.74) is 0.768. The summed E-state index contributed by atoms with van der Waals surface area (Å²) >= 11 is 0. The Bertz CT molecular complexity index is 835. The number of carboxylic acid groups (broad SMARTS) is 1. The van der Waals surface area contributed by atoms with Crippen LogP contribution in [0.3, 0.4) is 0 Å². The second-order valence-corrected chi connectivity index (χ2v) is 9.71. The molecule has 4 N–H and O–H groups in total. The lowest BCUT2D eigenvalue weighted by atomic mass is 9.76. The van der Waals surface area contributed by atoms with Gasteiger partial charge in [-0.3, -0.25) is 9.69 Å². The van der Waals surface area contributed by atoms with E-state index >= 15 is 0 Å². The van der Waals surface area contributed by atoms with Crippen molar-refractivity contribution in [1.29, 1.82) is 5.26 Å². The van der Waals surface area contributed by atoms with E-state index in [4.69, 9.17) is 20.4 Å². The lowest BCUT2D eigenvalue weighted by molar-refractivity contribution is -0.117. The van der Waals surface area contributed by atoms with Gasteiger partial charge in [0, 0.05) is 38.0 Å².